The van der Waals surface area contributed by atoms with Crippen molar-refractivity contribution < 1.29 is 9.50 Å². The van der Waals surface area contributed by atoms with Gasteiger partial charge >= 0.3 is 0 Å². The molecule has 1 aromatic carbocycles. The van der Waals surface area contributed by atoms with Crippen LogP contribution in [0.1, 0.15) is 0 Å². The first-order chi connectivity index (χ1) is 7.04. The summed E-state index contributed by atoms with van der Waals surface area (Å²) in [5.74, 6) is -0.369. The zero-order valence-electron chi connectivity index (χ0n) is 8.45. The molecule has 3 N–H and O–H groups in total. The van der Waals surface area contributed by atoms with Crippen LogP contribution in [-0.4, -0.2) is 31.3 Å². The molecule has 84 valence electrons. The molecule has 0 saturated carbocycles. The van der Waals surface area contributed by atoms with Gasteiger partial charge in [0.2, 0.25) is 0 Å². The molecule has 0 radical (unpaired) electrons. The van der Waals surface area contributed by atoms with Gasteiger partial charge in [-0.05, 0) is 18.2 Å². The number of rotatable bonds is 4. The minimum atomic E-state index is -0.673. The van der Waals surface area contributed by atoms with Crippen LogP contribution >= 0.6 is 11.6 Å². The van der Waals surface area contributed by atoms with Crippen molar-refractivity contribution in [3.8, 4) is 0 Å². The number of likely N-dealkylation sites (N-methyl/N-ethyl adjacent to an activating group) is 1. The predicted octanol–water partition coefficient (Wildman–Crippen LogP) is 1.23. The lowest BCUT2D eigenvalue weighted by atomic mass is 10.2. The number of hydrogen-bond acceptors (Lipinski definition) is 3. The number of halogens is 2. The highest BCUT2D eigenvalue weighted by Crippen LogP contribution is 2.22. The van der Waals surface area contributed by atoms with Crippen molar-refractivity contribution in [2.24, 2.45) is 5.73 Å². The van der Waals surface area contributed by atoms with Crippen LogP contribution in [0.5, 0.6) is 0 Å². The summed E-state index contributed by atoms with van der Waals surface area (Å²) < 4.78 is 13.4. The van der Waals surface area contributed by atoms with Crippen molar-refractivity contribution in [3.05, 3.63) is 29.0 Å². The SMILES string of the molecule is CN(CC(O)CN)c1cc(Cl)ccc1F. The molecule has 0 amide bonds. The van der Waals surface area contributed by atoms with Gasteiger partial charge in [-0.15, -0.1) is 0 Å². The number of aliphatic hydroxyl groups excluding tert-OH is 1. The van der Waals surface area contributed by atoms with Crippen LogP contribution in [0.3, 0.4) is 0 Å². The lowest BCUT2D eigenvalue weighted by Gasteiger charge is -2.22. The molecule has 3 nitrogen and oxygen atoms in total. The third-order valence-electron chi connectivity index (χ3n) is 2.08. The molecule has 0 aliphatic heterocycles. The zero-order chi connectivity index (χ0) is 11.4. The van der Waals surface area contributed by atoms with Gasteiger partial charge in [0.05, 0.1) is 11.8 Å². The van der Waals surface area contributed by atoms with Gasteiger partial charge in [-0.1, -0.05) is 11.6 Å². The van der Waals surface area contributed by atoms with E-state index < -0.39 is 6.10 Å². The Morgan fingerprint density at radius 3 is 2.87 bits per heavy atom. The molecule has 0 bridgehead atoms. The summed E-state index contributed by atoms with van der Waals surface area (Å²) >= 11 is 5.75. The van der Waals surface area contributed by atoms with Crippen molar-refractivity contribution in [3.63, 3.8) is 0 Å². The molecule has 0 fully saturated rings. The van der Waals surface area contributed by atoms with Crippen LogP contribution in [0.15, 0.2) is 18.2 Å². The van der Waals surface area contributed by atoms with Crippen molar-refractivity contribution in [1.82, 2.24) is 0 Å². The van der Waals surface area contributed by atoms with Gasteiger partial charge in [-0.3, -0.25) is 0 Å². The second-order valence-electron chi connectivity index (χ2n) is 3.37. The van der Waals surface area contributed by atoms with Crippen molar-refractivity contribution in [2.75, 3.05) is 25.0 Å². The van der Waals surface area contributed by atoms with Gasteiger partial charge in [0.25, 0.3) is 0 Å². The van der Waals surface area contributed by atoms with E-state index in [0.29, 0.717) is 10.7 Å². The topological polar surface area (TPSA) is 49.5 Å². The predicted molar refractivity (Wildman–Crippen MR) is 59.7 cm³/mol. The van der Waals surface area contributed by atoms with E-state index in [4.69, 9.17) is 17.3 Å². The molecular weight excluding hydrogens is 219 g/mol. The van der Waals surface area contributed by atoms with Crippen LogP contribution in [-0.2, 0) is 0 Å². The maximum absolute atomic E-state index is 13.4. The van der Waals surface area contributed by atoms with Gasteiger partial charge in [0, 0.05) is 25.2 Å². The Morgan fingerprint density at radius 1 is 1.60 bits per heavy atom. The first kappa shape index (κ1) is 12.2. The number of nitrogens with zero attached hydrogens (tertiary/aromatic N) is 1. The van der Waals surface area contributed by atoms with E-state index in [1.165, 1.54) is 18.2 Å². The summed E-state index contributed by atoms with van der Waals surface area (Å²) in [6, 6.07) is 4.29. The van der Waals surface area contributed by atoms with Crippen LogP contribution in [0, 0.1) is 5.82 Å². The monoisotopic (exact) mass is 232 g/mol. The molecule has 0 saturated heterocycles. The number of nitrogens with two attached hydrogens (primary N) is 1. The molecule has 1 unspecified atom stereocenters. The fraction of sp³-hybridized carbons (Fsp3) is 0.400. The Kier molecular flexibility index (Phi) is 4.32. The van der Waals surface area contributed by atoms with E-state index in [2.05, 4.69) is 0 Å². The van der Waals surface area contributed by atoms with Crippen LogP contribution in [0.2, 0.25) is 5.02 Å². The molecule has 0 aromatic heterocycles. The smallest absolute Gasteiger partial charge is 0.146 e. The Morgan fingerprint density at radius 2 is 2.27 bits per heavy atom. The second kappa shape index (κ2) is 5.30. The molecule has 0 spiro atoms. The molecule has 15 heavy (non-hydrogen) atoms. The summed E-state index contributed by atoms with van der Waals surface area (Å²) in [4.78, 5) is 1.58. The van der Waals surface area contributed by atoms with Gasteiger partial charge in [0.1, 0.15) is 5.82 Å². The fourth-order valence-electron chi connectivity index (χ4n) is 1.27. The van der Waals surface area contributed by atoms with E-state index in [1.54, 1.807) is 11.9 Å². The second-order valence-corrected chi connectivity index (χ2v) is 3.80. The molecule has 1 aromatic rings. The number of aliphatic hydroxyl groups is 1. The first-order valence-corrected chi connectivity index (χ1v) is 4.96. The fourth-order valence-corrected chi connectivity index (χ4v) is 1.43. The highest BCUT2D eigenvalue weighted by molar-refractivity contribution is 6.30. The molecule has 0 heterocycles. The summed E-state index contributed by atoms with van der Waals surface area (Å²) in [7, 11) is 1.67. The first-order valence-electron chi connectivity index (χ1n) is 4.59. The highest BCUT2D eigenvalue weighted by Gasteiger charge is 2.11. The molecular formula is C10H14ClFN2O. The maximum Gasteiger partial charge on any atom is 0.146 e. The third-order valence-corrected chi connectivity index (χ3v) is 2.31. The van der Waals surface area contributed by atoms with E-state index in [0.717, 1.165) is 0 Å². The summed E-state index contributed by atoms with van der Waals surface area (Å²) in [6.45, 7) is 0.417. The quantitative estimate of drug-likeness (QED) is 0.821. The average Bonchev–Trinajstić information content (AvgIpc) is 2.21. The molecule has 5 heteroatoms. The zero-order valence-corrected chi connectivity index (χ0v) is 9.21. The lowest BCUT2D eigenvalue weighted by Crippen LogP contribution is -2.34. The van der Waals surface area contributed by atoms with Crippen molar-refractivity contribution in [2.45, 2.75) is 6.10 Å². The Bertz CT molecular complexity index is 335. The Hall–Kier alpha value is -0.840. The summed E-state index contributed by atoms with van der Waals surface area (Å²) in [5, 5.41) is 9.79. The summed E-state index contributed by atoms with van der Waals surface area (Å²) in [6.07, 6.45) is -0.673. The van der Waals surface area contributed by atoms with Gasteiger partial charge in [-0.2, -0.15) is 0 Å². The van der Waals surface area contributed by atoms with Crippen molar-refractivity contribution in [1.29, 1.82) is 0 Å². The maximum atomic E-state index is 13.4. The minimum absolute atomic E-state index is 0.145. The van der Waals surface area contributed by atoms with E-state index >= 15 is 0 Å². The Labute approximate surface area is 93.3 Å². The highest BCUT2D eigenvalue weighted by atomic mass is 35.5. The minimum Gasteiger partial charge on any atom is -0.390 e. The molecule has 1 rings (SSSR count). The van der Waals surface area contributed by atoms with E-state index in [1.807, 2.05) is 0 Å². The average molecular weight is 233 g/mol. The van der Waals surface area contributed by atoms with Crippen molar-refractivity contribution >= 4 is 17.3 Å². The third kappa shape index (κ3) is 3.34. The standard InChI is InChI=1S/C10H14ClFN2O/c1-14(6-8(15)5-13)10-4-7(11)2-3-9(10)12/h2-4,8,15H,5-6,13H2,1H3. The largest absolute Gasteiger partial charge is 0.390 e. The van der Waals surface area contributed by atoms with Crippen LogP contribution in [0.4, 0.5) is 10.1 Å². The number of benzene rings is 1. The molecule has 0 aliphatic carbocycles. The number of hydrogen-bond donors (Lipinski definition) is 2. The van der Waals surface area contributed by atoms with E-state index in [9.17, 15) is 9.50 Å². The van der Waals surface area contributed by atoms with Crippen LogP contribution < -0.4 is 10.6 Å². The van der Waals surface area contributed by atoms with Gasteiger partial charge < -0.3 is 15.7 Å². The summed E-state index contributed by atoms with van der Waals surface area (Å²) in [5.41, 5.74) is 5.63. The van der Waals surface area contributed by atoms with Gasteiger partial charge in [0.15, 0.2) is 0 Å². The normalized spacial score (nSPS) is 12.6. The van der Waals surface area contributed by atoms with E-state index in [-0.39, 0.29) is 18.9 Å². The van der Waals surface area contributed by atoms with Gasteiger partial charge in [-0.25, -0.2) is 4.39 Å². The molecule has 1 atom stereocenters. The Balaban J connectivity index is 2.80. The number of anilines is 1. The lowest BCUT2D eigenvalue weighted by molar-refractivity contribution is 0.189. The molecule has 0 aliphatic rings. The van der Waals surface area contributed by atoms with Crippen LogP contribution in [0.25, 0.3) is 0 Å².